The van der Waals surface area contributed by atoms with Crippen molar-refractivity contribution in [3.63, 3.8) is 0 Å². The lowest BCUT2D eigenvalue weighted by Gasteiger charge is -2.21. The summed E-state index contributed by atoms with van der Waals surface area (Å²) in [6.45, 7) is 2.24. The molecule has 0 spiro atoms. The third kappa shape index (κ3) is 5.36. The summed E-state index contributed by atoms with van der Waals surface area (Å²) in [5.41, 5.74) is 1.01. The molecule has 0 saturated carbocycles. The van der Waals surface area contributed by atoms with E-state index in [-0.39, 0.29) is 12.0 Å². The van der Waals surface area contributed by atoms with Crippen LogP contribution in [0.1, 0.15) is 24.8 Å². The second-order valence-corrected chi connectivity index (χ2v) is 5.06. The van der Waals surface area contributed by atoms with Crippen molar-refractivity contribution < 1.29 is 19.0 Å². The minimum Gasteiger partial charge on any atom is -0.491 e. The second kappa shape index (κ2) is 8.64. The SMILES string of the molecule is COCCOc1cccc(CNC(=O)[C@H]2CCCCO2)c1. The molecule has 1 aromatic carbocycles. The average molecular weight is 293 g/mol. The zero-order valence-corrected chi connectivity index (χ0v) is 12.5. The van der Waals surface area contributed by atoms with Crippen LogP contribution in [0.5, 0.6) is 5.75 Å². The van der Waals surface area contributed by atoms with Crippen LogP contribution in [-0.4, -0.2) is 38.9 Å². The lowest BCUT2D eigenvalue weighted by Crippen LogP contribution is -2.37. The standard InChI is InChI=1S/C16H23NO4/c1-19-9-10-20-14-6-4-5-13(11-14)12-17-16(18)15-7-2-3-8-21-15/h4-6,11,15H,2-3,7-10,12H2,1H3,(H,17,18)/t15-/m1/s1. The Labute approximate surface area is 125 Å². The van der Waals surface area contributed by atoms with Crippen LogP contribution in [0.15, 0.2) is 24.3 Å². The summed E-state index contributed by atoms with van der Waals surface area (Å²) in [7, 11) is 1.64. The molecule has 0 aromatic heterocycles. The van der Waals surface area contributed by atoms with Crippen molar-refractivity contribution in [1.82, 2.24) is 5.32 Å². The first-order valence-corrected chi connectivity index (χ1v) is 7.39. The summed E-state index contributed by atoms with van der Waals surface area (Å²) < 4.78 is 16.0. The molecule has 5 heteroatoms. The fourth-order valence-electron chi connectivity index (χ4n) is 2.24. The summed E-state index contributed by atoms with van der Waals surface area (Å²) in [5.74, 6) is 0.758. The van der Waals surface area contributed by atoms with Gasteiger partial charge in [0, 0.05) is 20.3 Å². The Kier molecular flexibility index (Phi) is 6.50. The van der Waals surface area contributed by atoms with Gasteiger partial charge in [-0.25, -0.2) is 0 Å². The number of hydrogen-bond donors (Lipinski definition) is 1. The van der Waals surface area contributed by atoms with E-state index in [0.29, 0.717) is 26.4 Å². The average Bonchev–Trinajstić information content (AvgIpc) is 2.54. The van der Waals surface area contributed by atoms with E-state index in [9.17, 15) is 4.79 Å². The molecular weight excluding hydrogens is 270 g/mol. The molecule has 1 saturated heterocycles. The number of hydrogen-bond acceptors (Lipinski definition) is 4. The van der Waals surface area contributed by atoms with E-state index in [1.165, 1.54) is 0 Å². The molecule has 1 aliphatic rings. The smallest absolute Gasteiger partial charge is 0.249 e. The van der Waals surface area contributed by atoms with Crippen molar-refractivity contribution in [2.24, 2.45) is 0 Å². The second-order valence-electron chi connectivity index (χ2n) is 5.06. The quantitative estimate of drug-likeness (QED) is 0.780. The Morgan fingerprint density at radius 1 is 1.38 bits per heavy atom. The van der Waals surface area contributed by atoms with Crippen molar-refractivity contribution in [2.75, 3.05) is 26.9 Å². The summed E-state index contributed by atoms with van der Waals surface area (Å²) in [6, 6.07) is 7.70. The number of benzene rings is 1. The van der Waals surface area contributed by atoms with Crippen molar-refractivity contribution >= 4 is 5.91 Å². The lowest BCUT2D eigenvalue weighted by molar-refractivity contribution is -0.135. The van der Waals surface area contributed by atoms with Gasteiger partial charge in [0.2, 0.25) is 5.91 Å². The lowest BCUT2D eigenvalue weighted by atomic mass is 10.1. The van der Waals surface area contributed by atoms with Gasteiger partial charge in [-0.15, -0.1) is 0 Å². The first kappa shape index (κ1) is 15.8. The van der Waals surface area contributed by atoms with Gasteiger partial charge in [-0.2, -0.15) is 0 Å². The molecule has 116 valence electrons. The number of carbonyl (C=O) groups excluding carboxylic acids is 1. The van der Waals surface area contributed by atoms with Crippen LogP contribution < -0.4 is 10.1 Å². The molecule has 1 aromatic rings. The monoisotopic (exact) mass is 293 g/mol. The Hall–Kier alpha value is -1.59. The van der Waals surface area contributed by atoms with Crippen molar-refractivity contribution in [1.29, 1.82) is 0 Å². The van der Waals surface area contributed by atoms with E-state index in [2.05, 4.69) is 5.32 Å². The molecule has 1 atom stereocenters. The number of amides is 1. The van der Waals surface area contributed by atoms with Crippen LogP contribution in [0.25, 0.3) is 0 Å². The highest BCUT2D eigenvalue weighted by atomic mass is 16.5. The highest BCUT2D eigenvalue weighted by Crippen LogP contribution is 2.15. The van der Waals surface area contributed by atoms with E-state index in [1.807, 2.05) is 24.3 Å². The molecule has 5 nitrogen and oxygen atoms in total. The molecule has 0 radical (unpaired) electrons. The van der Waals surface area contributed by atoms with Crippen LogP contribution >= 0.6 is 0 Å². The van der Waals surface area contributed by atoms with Gasteiger partial charge in [-0.3, -0.25) is 4.79 Å². The zero-order valence-electron chi connectivity index (χ0n) is 12.5. The van der Waals surface area contributed by atoms with E-state index < -0.39 is 0 Å². The predicted octanol–water partition coefficient (Wildman–Crippen LogP) is 1.90. The molecular formula is C16H23NO4. The van der Waals surface area contributed by atoms with Gasteiger partial charge < -0.3 is 19.5 Å². The zero-order chi connectivity index (χ0) is 14.9. The van der Waals surface area contributed by atoms with Gasteiger partial charge in [0.05, 0.1) is 6.61 Å². The molecule has 1 fully saturated rings. The largest absolute Gasteiger partial charge is 0.491 e. The molecule has 21 heavy (non-hydrogen) atoms. The Morgan fingerprint density at radius 3 is 3.05 bits per heavy atom. The number of methoxy groups -OCH3 is 1. The Balaban J connectivity index is 1.79. The van der Waals surface area contributed by atoms with Gasteiger partial charge in [0.1, 0.15) is 18.5 Å². The van der Waals surface area contributed by atoms with Crippen LogP contribution in [0, 0.1) is 0 Å². The van der Waals surface area contributed by atoms with Crippen LogP contribution in [-0.2, 0) is 20.8 Å². The van der Waals surface area contributed by atoms with Gasteiger partial charge in [0.25, 0.3) is 0 Å². The van der Waals surface area contributed by atoms with E-state index in [0.717, 1.165) is 30.6 Å². The number of ether oxygens (including phenoxy) is 3. The minimum atomic E-state index is -0.292. The molecule has 0 bridgehead atoms. The number of carbonyl (C=O) groups is 1. The summed E-state index contributed by atoms with van der Waals surface area (Å²) in [4.78, 5) is 12.0. The predicted molar refractivity (Wildman–Crippen MR) is 79.3 cm³/mol. The summed E-state index contributed by atoms with van der Waals surface area (Å²) in [5, 5.41) is 2.92. The summed E-state index contributed by atoms with van der Waals surface area (Å²) >= 11 is 0. The Bertz CT molecular complexity index is 444. The van der Waals surface area contributed by atoms with Crippen LogP contribution in [0.2, 0.25) is 0 Å². The van der Waals surface area contributed by atoms with Crippen molar-refractivity contribution in [2.45, 2.75) is 31.9 Å². The van der Waals surface area contributed by atoms with Gasteiger partial charge >= 0.3 is 0 Å². The maximum Gasteiger partial charge on any atom is 0.249 e. The van der Waals surface area contributed by atoms with Crippen molar-refractivity contribution in [3.8, 4) is 5.75 Å². The fraction of sp³-hybridized carbons (Fsp3) is 0.562. The summed E-state index contributed by atoms with van der Waals surface area (Å²) in [6.07, 6.45) is 2.62. The van der Waals surface area contributed by atoms with E-state index >= 15 is 0 Å². The van der Waals surface area contributed by atoms with E-state index in [4.69, 9.17) is 14.2 Å². The maximum atomic E-state index is 12.0. The minimum absolute atomic E-state index is 0.0274. The topological polar surface area (TPSA) is 56.8 Å². The van der Waals surface area contributed by atoms with Gasteiger partial charge in [-0.1, -0.05) is 12.1 Å². The fourth-order valence-corrected chi connectivity index (χ4v) is 2.24. The normalized spacial score (nSPS) is 18.2. The van der Waals surface area contributed by atoms with Gasteiger partial charge in [0.15, 0.2) is 0 Å². The molecule has 1 N–H and O–H groups in total. The van der Waals surface area contributed by atoms with Crippen molar-refractivity contribution in [3.05, 3.63) is 29.8 Å². The molecule has 2 rings (SSSR count). The maximum absolute atomic E-state index is 12.0. The highest BCUT2D eigenvalue weighted by Gasteiger charge is 2.21. The van der Waals surface area contributed by atoms with Gasteiger partial charge in [-0.05, 0) is 37.0 Å². The third-order valence-electron chi connectivity index (χ3n) is 3.39. The van der Waals surface area contributed by atoms with Crippen LogP contribution in [0.4, 0.5) is 0 Å². The molecule has 0 unspecified atom stereocenters. The number of rotatable bonds is 7. The molecule has 1 aliphatic heterocycles. The molecule has 1 heterocycles. The Morgan fingerprint density at radius 2 is 2.29 bits per heavy atom. The van der Waals surface area contributed by atoms with Crippen LogP contribution in [0.3, 0.4) is 0 Å². The third-order valence-corrected chi connectivity index (χ3v) is 3.39. The molecule has 1 amide bonds. The highest BCUT2D eigenvalue weighted by molar-refractivity contribution is 5.80. The van der Waals surface area contributed by atoms with E-state index in [1.54, 1.807) is 7.11 Å². The first-order valence-electron chi connectivity index (χ1n) is 7.39. The first-order chi connectivity index (χ1) is 10.3. The molecule has 0 aliphatic carbocycles. The number of nitrogens with one attached hydrogen (secondary N) is 1.